The van der Waals surface area contributed by atoms with Gasteiger partial charge in [0.1, 0.15) is 0 Å². The van der Waals surface area contributed by atoms with Gasteiger partial charge in [0.25, 0.3) is 0 Å². The Morgan fingerprint density at radius 3 is 2.37 bits per heavy atom. The lowest BCUT2D eigenvalue weighted by Gasteiger charge is -2.37. The monoisotopic (exact) mass is 371 g/mol. The molecule has 106 valence electrons. The average molecular weight is 371 g/mol. The van der Waals surface area contributed by atoms with Gasteiger partial charge in [-0.25, -0.2) is 0 Å². The van der Waals surface area contributed by atoms with Crippen molar-refractivity contribution in [2.45, 2.75) is 46.1 Å². The third kappa shape index (κ3) is 3.52. The summed E-state index contributed by atoms with van der Waals surface area (Å²) in [5, 5.41) is 3.59. The highest BCUT2D eigenvalue weighted by Crippen LogP contribution is 2.40. The zero-order valence-electron chi connectivity index (χ0n) is 12.5. The highest BCUT2D eigenvalue weighted by Gasteiger charge is 2.31. The van der Waals surface area contributed by atoms with E-state index in [1.54, 1.807) is 0 Å². The molecule has 0 amide bonds. The number of hydrogen-bond acceptors (Lipinski definition) is 1. The molecule has 0 aromatic heterocycles. The molecule has 3 atom stereocenters. The first-order valence-corrected chi connectivity index (χ1v) is 8.53. The minimum atomic E-state index is 0.511. The largest absolute Gasteiger partial charge is 0.313 e. The maximum absolute atomic E-state index is 3.59. The standard InChI is InChI=1S/C17H26IN/c1-11-8-12(2)10-14(9-11)17(19-4)15-7-5-6-13(3)16(15)18/h5-7,11-12,14,17,19H,8-10H2,1-4H3. The molecule has 0 radical (unpaired) electrons. The molecule has 0 heterocycles. The number of rotatable bonds is 3. The summed E-state index contributed by atoms with van der Waals surface area (Å²) < 4.78 is 1.44. The van der Waals surface area contributed by atoms with Gasteiger partial charge in [0.2, 0.25) is 0 Å². The number of benzene rings is 1. The first kappa shape index (κ1) is 15.3. The smallest absolute Gasteiger partial charge is 0.0357 e. The topological polar surface area (TPSA) is 12.0 Å². The fraction of sp³-hybridized carbons (Fsp3) is 0.647. The molecule has 0 aliphatic heterocycles. The number of nitrogens with one attached hydrogen (secondary N) is 1. The van der Waals surface area contributed by atoms with Crippen LogP contribution >= 0.6 is 22.6 Å². The van der Waals surface area contributed by atoms with Crippen molar-refractivity contribution < 1.29 is 0 Å². The molecule has 2 rings (SSSR count). The van der Waals surface area contributed by atoms with Crippen LogP contribution in [0.2, 0.25) is 0 Å². The Morgan fingerprint density at radius 1 is 1.16 bits per heavy atom. The minimum absolute atomic E-state index is 0.511. The van der Waals surface area contributed by atoms with Crippen LogP contribution in [0.3, 0.4) is 0 Å². The molecule has 1 fully saturated rings. The lowest BCUT2D eigenvalue weighted by molar-refractivity contribution is 0.180. The van der Waals surface area contributed by atoms with E-state index in [1.807, 2.05) is 0 Å². The predicted octanol–water partition coefficient (Wildman–Crippen LogP) is 4.93. The second-order valence-corrected chi connectivity index (χ2v) is 7.50. The Kier molecular flexibility index (Phi) is 5.29. The van der Waals surface area contributed by atoms with Crippen molar-refractivity contribution in [3.63, 3.8) is 0 Å². The van der Waals surface area contributed by atoms with Crippen LogP contribution in [0.25, 0.3) is 0 Å². The molecule has 1 aliphatic rings. The van der Waals surface area contributed by atoms with E-state index in [9.17, 15) is 0 Å². The third-order valence-corrected chi connectivity index (χ3v) is 6.03. The van der Waals surface area contributed by atoms with E-state index in [-0.39, 0.29) is 0 Å². The van der Waals surface area contributed by atoms with Crippen LogP contribution < -0.4 is 5.32 Å². The van der Waals surface area contributed by atoms with E-state index in [0.29, 0.717) is 6.04 Å². The molecule has 0 saturated heterocycles. The summed E-state index contributed by atoms with van der Waals surface area (Å²) in [4.78, 5) is 0. The molecule has 1 N–H and O–H groups in total. The molecule has 0 spiro atoms. The van der Waals surface area contributed by atoms with Gasteiger partial charge in [-0.05, 0) is 84.7 Å². The average Bonchev–Trinajstić information content (AvgIpc) is 2.34. The first-order chi connectivity index (χ1) is 9.02. The molecule has 0 bridgehead atoms. The van der Waals surface area contributed by atoms with Crippen molar-refractivity contribution in [2.75, 3.05) is 7.05 Å². The van der Waals surface area contributed by atoms with Crippen molar-refractivity contribution in [2.24, 2.45) is 17.8 Å². The Hall–Kier alpha value is -0.0900. The molecule has 19 heavy (non-hydrogen) atoms. The van der Waals surface area contributed by atoms with Crippen LogP contribution in [0.1, 0.15) is 50.3 Å². The van der Waals surface area contributed by atoms with Crippen molar-refractivity contribution >= 4 is 22.6 Å². The number of hydrogen-bond donors (Lipinski definition) is 1. The van der Waals surface area contributed by atoms with E-state index < -0.39 is 0 Å². The van der Waals surface area contributed by atoms with Gasteiger partial charge in [0, 0.05) is 9.61 Å². The van der Waals surface area contributed by atoms with Gasteiger partial charge in [-0.15, -0.1) is 0 Å². The van der Waals surface area contributed by atoms with Crippen molar-refractivity contribution in [3.8, 4) is 0 Å². The van der Waals surface area contributed by atoms with Crippen LogP contribution in [0.5, 0.6) is 0 Å². The Balaban J connectivity index is 2.26. The fourth-order valence-corrected chi connectivity index (χ4v) is 4.53. The van der Waals surface area contributed by atoms with Crippen LogP contribution in [0, 0.1) is 28.2 Å². The number of halogens is 1. The summed E-state index contributed by atoms with van der Waals surface area (Å²) in [5.74, 6) is 2.51. The second-order valence-electron chi connectivity index (χ2n) is 6.42. The molecule has 1 saturated carbocycles. The van der Waals surface area contributed by atoms with Gasteiger partial charge in [0.15, 0.2) is 0 Å². The molecule has 1 aliphatic carbocycles. The van der Waals surface area contributed by atoms with Gasteiger partial charge < -0.3 is 5.32 Å². The summed E-state index contributed by atoms with van der Waals surface area (Å²) in [5.41, 5.74) is 2.89. The lowest BCUT2D eigenvalue weighted by Crippen LogP contribution is -2.32. The zero-order chi connectivity index (χ0) is 14.0. The highest BCUT2D eigenvalue weighted by atomic mass is 127. The lowest BCUT2D eigenvalue weighted by atomic mass is 9.72. The maximum Gasteiger partial charge on any atom is 0.0357 e. The first-order valence-electron chi connectivity index (χ1n) is 7.45. The minimum Gasteiger partial charge on any atom is -0.313 e. The molecule has 1 nitrogen and oxygen atoms in total. The second kappa shape index (κ2) is 6.57. The summed E-state index contributed by atoms with van der Waals surface area (Å²) in [6.45, 7) is 7.04. The van der Waals surface area contributed by atoms with E-state index >= 15 is 0 Å². The van der Waals surface area contributed by atoms with E-state index in [2.05, 4.69) is 73.9 Å². The van der Waals surface area contributed by atoms with Gasteiger partial charge in [-0.1, -0.05) is 32.0 Å². The van der Waals surface area contributed by atoms with Gasteiger partial charge >= 0.3 is 0 Å². The Morgan fingerprint density at radius 2 is 1.79 bits per heavy atom. The molecule has 1 aromatic carbocycles. The third-order valence-electron chi connectivity index (χ3n) is 4.55. The van der Waals surface area contributed by atoms with Crippen molar-refractivity contribution in [1.29, 1.82) is 0 Å². The summed E-state index contributed by atoms with van der Waals surface area (Å²) in [6.07, 6.45) is 4.12. The van der Waals surface area contributed by atoms with Crippen LogP contribution in [0.4, 0.5) is 0 Å². The van der Waals surface area contributed by atoms with Gasteiger partial charge in [-0.2, -0.15) is 0 Å². The fourth-order valence-electron chi connectivity index (χ4n) is 3.84. The molecule has 3 unspecified atom stereocenters. The summed E-state index contributed by atoms with van der Waals surface area (Å²) >= 11 is 2.51. The van der Waals surface area contributed by atoms with Crippen LogP contribution in [-0.4, -0.2) is 7.05 Å². The highest BCUT2D eigenvalue weighted by molar-refractivity contribution is 14.1. The Bertz CT molecular complexity index is 419. The van der Waals surface area contributed by atoms with E-state index in [4.69, 9.17) is 0 Å². The van der Waals surface area contributed by atoms with Crippen molar-refractivity contribution in [1.82, 2.24) is 5.32 Å². The maximum atomic E-state index is 3.59. The normalized spacial score (nSPS) is 29.2. The summed E-state index contributed by atoms with van der Waals surface area (Å²) in [7, 11) is 2.12. The molecule has 2 heteroatoms. The van der Waals surface area contributed by atoms with E-state index in [0.717, 1.165) is 17.8 Å². The van der Waals surface area contributed by atoms with Gasteiger partial charge in [0.05, 0.1) is 0 Å². The van der Waals surface area contributed by atoms with Crippen LogP contribution in [-0.2, 0) is 0 Å². The molecular formula is C17H26IN. The predicted molar refractivity (Wildman–Crippen MR) is 91.4 cm³/mol. The van der Waals surface area contributed by atoms with Crippen LogP contribution in [0.15, 0.2) is 18.2 Å². The SMILES string of the molecule is CNC(c1cccc(C)c1I)C1CC(C)CC(C)C1. The number of aryl methyl sites for hydroxylation is 1. The summed E-state index contributed by atoms with van der Waals surface area (Å²) in [6, 6.07) is 7.23. The van der Waals surface area contributed by atoms with Crippen molar-refractivity contribution in [3.05, 3.63) is 32.9 Å². The van der Waals surface area contributed by atoms with Gasteiger partial charge in [-0.3, -0.25) is 0 Å². The quantitative estimate of drug-likeness (QED) is 0.743. The van der Waals surface area contributed by atoms with E-state index in [1.165, 1.54) is 34.0 Å². The molecular weight excluding hydrogens is 345 g/mol. The molecule has 1 aromatic rings. The zero-order valence-corrected chi connectivity index (χ0v) is 14.7. The Labute approximate surface area is 131 Å².